The van der Waals surface area contributed by atoms with Crippen LogP contribution >= 0.6 is 11.6 Å². The molecule has 1 aromatic carbocycles. The zero-order chi connectivity index (χ0) is 14.2. The van der Waals surface area contributed by atoms with Gasteiger partial charge in [-0.3, -0.25) is 0 Å². The minimum Gasteiger partial charge on any atom is -0.506 e. The Kier molecular flexibility index (Phi) is 3.71. The molecule has 0 fully saturated rings. The van der Waals surface area contributed by atoms with Crippen molar-refractivity contribution in [2.24, 2.45) is 0 Å². The van der Waals surface area contributed by atoms with Crippen LogP contribution in [0, 0.1) is 0 Å². The first kappa shape index (κ1) is 13.7. The molecule has 0 bridgehead atoms. The Balaban J connectivity index is 2.70. The van der Waals surface area contributed by atoms with Gasteiger partial charge in [0.15, 0.2) is 0 Å². The molecule has 0 spiro atoms. The fraction of sp³-hybridized carbons (Fsp3) is 0.357. The molecular formula is C14H15ClO4. The lowest BCUT2D eigenvalue weighted by molar-refractivity contribution is 0.0490. The third-order valence-electron chi connectivity index (χ3n) is 2.83. The SMILES string of the molecule is CCOC(=O)c1oc2cc(O)c(Cl)cc2c1C(C)C. The normalized spacial score (nSPS) is 11.2. The molecule has 2 aromatic rings. The summed E-state index contributed by atoms with van der Waals surface area (Å²) in [4.78, 5) is 11.9. The molecule has 0 aliphatic rings. The Morgan fingerprint density at radius 3 is 2.74 bits per heavy atom. The molecule has 0 radical (unpaired) electrons. The van der Waals surface area contributed by atoms with Gasteiger partial charge in [-0.25, -0.2) is 4.79 Å². The van der Waals surface area contributed by atoms with Crippen molar-refractivity contribution in [3.05, 3.63) is 28.5 Å². The summed E-state index contributed by atoms with van der Waals surface area (Å²) in [5.74, 6) is -0.332. The Morgan fingerprint density at radius 2 is 2.16 bits per heavy atom. The molecule has 1 N–H and O–H groups in total. The Labute approximate surface area is 115 Å². The van der Waals surface area contributed by atoms with Crippen molar-refractivity contribution in [2.45, 2.75) is 26.7 Å². The molecule has 0 unspecified atom stereocenters. The van der Waals surface area contributed by atoms with Gasteiger partial charge in [-0.15, -0.1) is 0 Å². The number of phenols is 1. The summed E-state index contributed by atoms with van der Waals surface area (Å²) in [6.45, 7) is 5.92. The molecule has 0 amide bonds. The fourth-order valence-electron chi connectivity index (χ4n) is 2.05. The lowest BCUT2D eigenvalue weighted by atomic mass is 9.99. The summed E-state index contributed by atoms with van der Waals surface area (Å²) in [5.41, 5.74) is 1.17. The first-order valence-electron chi connectivity index (χ1n) is 6.07. The molecule has 19 heavy (non-hydrogen) atoms. The maximum Gasteiger partial charge on any atom is 0.374 e. The second-order valence-electron chi connectivity index (χ2n) is 4.52. The van der Waals surface area contributed by atoms with E-state index in [-0.39, 0.29) is 29.1 Å². The molecule has 0 aliphatic carbocycles. The third-order valence-corrected chi connectivity index (χ3v) is 3.14. The molecule has 0 saturated carbocycles. The van der Waals surface area contributed by atoms with Crippen LogP contribution in [0.1, 0.15) is 42.8 Å². The molecule has 2 rings (SSSR count). The number of furan rings is 1. The number of ether oxygens (including phenoxy) is 1. The zero-order valence-electron chi connectivity index (χ0n) is 11.0. The predicted molar refractivity (Wildman–Crippen MR) is 72.9 cm³/mol. The van der Waals surface area contributed by atoms with Crippen LogP contribution in [0.5, 0.6) is 5.75 Å². The summed E-state index contributed by atoms with van der Waals surface area (Å²) < 4.78 is 10.5. The molecule has 1 heterocycles. The molecular weight excluding hydrogens is 268 g/mol. The predicted octanol–water partition coefficient (Wildman–Crippen LogP) is 4.09. The van der Waals surface area contributed by atoms with Gasteiger partial charge in [0.1, 0.15) is 11.3 Å². The highest BCUT2D eigenvalue weighted by Gasteiger charge is 2.24. The number of phenolic OH excluding ortho intramolecular Hbond substituents is 1. The Bertz CT molecular complexity index is 628. The number of rotatable bonds is 3. The van der Waals surface area contributed by atoms with E-state index in [4.69, 9.17) is 20.8 Å². The van der Waals surface area contributed by atoms with E-state index in [1.807, 2.05) is 13.8 Å². The molecule has 5 heteroatoms. The minimum atomic E-state index is -0.502. The van der Waals surface area contributed by atoms with Crippen LogP contribution in [0.3, 0.4) is 0 Å². The van der Waals surface area contributed by atoms with Crippen LogP contribution in [0.25, 0.3) is 11.0 Å². The van der Waals surface area contributed by atoms with Crippen molar-refractivity contribution < 1.29 is 19.1 Å². The van der Waals surface area contributed by atoms with E-state index in [0.717, 1.165) is 10.9 Å². The van der Waals surface area contributed by atoms with Gasteiger partial charge in [0.2, 0.25) is 5.76 Å². The van der Waals surface area contributed by atoms with Crippen molar-refractivity contribution in [2.75, 3.05) is 6.61 Å². The average Bonchev–Trinajstić information content (AvgIpc) is 2.68. The van der Waals surface area contributed by atoms with Crippen LogP contribution in [0.4, 0.5) is 0 Å². The lowest BCUT2D eigenvalue weighted by Crippen LogP contribution is -2.06. The first-order chi connectivity index (χ1) is 8.95. The number of carbonyl (C=O) groups is 1. The first-order valence-corrected chi connectivity index (χ1v) is 6.45. The number of fused-ring (bicyclic) bond motifs is 1. The summed E-state index contributed by atoms with van der Waals surface area (Å²) >= 11 is 5.91. The number of benzene rings is 1. The average molecular weight is 283 g/mol. The maximum absolute atomic E-state index is 11.9. The number of hydrogen-bond acceptors (Lipinski definition) is 4. The molecule has 4 nitrogen and oxygen atoms in total. The van der Waals surface area contributed by atoms with Crippen LogP contribution < -0.4 is 0 Å². The van der Waals surface area contributed by atoms with E-state index >= 15 is 0 Å². The van der Waals surface area contributed by atoms with Crippen molar-refractivity contribution >= 4 is 28.5 Å². The van der Waals surface area contributed by atoms with Gasteiger partial charge in [-0.2, -0.15) is 0 Å². The van der Waals surface area contributed by atoms with Crippen LogP contribution in [-0.2, 0) is 4.74 Å². The smallest absolute Gasteiger partial charge is 0.374 e. The van der Waals surface area contributed by atoms with Gasteiger partial charge in [-0.1, -0.05) is 25.4 Å². The van der Waals surface area contributed by atoms with E-state index in [1.54, 1.807) is 13.0 Å². The highest BCUT2D eigenvalue weighted by atomic mass is 35.5. The van der Waals surface area contributed by atoms with Gasteiger partial charge >= 0.3 is 5.97 Å². The molecule has 102 valence electrons. The van der Waals surface area contributed by atoms with E-state index in [1.165, 1.54) is 6.07 Å². The van der Waals surface area contributed by atoms with E-state index < -0.39 is 5.97 Å². The quantitative estimate of drug-likeness (QED) is 0.861. The van der Waals surface area contributed by atoms with Gasteiger partial charge in [-0.05, 0) is 18.9 Å². The summed E-state index contributed by atoms with van der Waals surface area (Å²) in [6, 6.07) is 3.01. The van der Waals surface area contributed by atoms with Crippen molar-refractivity contribution in [3.8, 4) is 5.75 Å². The van der Waals surface area contributed by atoms with E-state index in [9.17, 15) is 9.90 Å². The number of hydrogen-bond donors (Lipinski definition) is 1. The van der Waals surface area contributed by atoms with E-state index in [2.05, 4.69) is 0 Å². The number of halogens is 1. The summed E-state index contributed by atoms with van der Waals surface area (Å²) in [7, 11) is 0. The molecule has 0 aliphatic heterocycles. The van der Waals surface area contributed by atoms with E-state index in [0.29, 0.717) is 5.58 Å². The zero-order valence-corrected chi connectivity index (χ0v) is 11.7. The van der Waals surface area contributed by atoms with Crippen molar-refractivity contribution in [3.63, 3.8) is 0 Å². The monoisotopic (exact) mass is 282 g/mol. The highest BCUT2D eigenvalue weighted by molar-refractivity contribution is 6.32. The van der Waals surface area contributed by atoms with Crippen LogP contribution in [-0.4, -0.2) is 17.7 Å². The standard InChI is InChI=1S/C14H15ClO4/c1-4-18-14(17)13-12(7(2)3)8-5-9(15)10(16)6-11(8)19-13/h5-7,16H,4H2,1-3H3. The molecule has 1 aromatic heterocycles. The number of aromatic hydroxyl groups is 1. The van der Waals surface area contributed by atoms with Crippen LogP contribution in [0.15, 0.2) is 16.5 Å². The maximum atomic E-state index is 11.9. The van der Waals surface area contributed by atoms with Crippen LogP contribution in [0.2, 0.25) is 5.02 Å². The van der Waals surface area contributed by atoms with Gasteiger partial charge in [0.25, 0.3) is 0 Å². The van der Waals surface area contributed by atoms with Crippen molar-refractivity contribution in [1.82, 2.24) is 0 Å². The van der Waals surface area contributed by atoms with Gasteiger partial charge < -0.3 is 14.3 Å². The summed E-state index contributed by atoms with van der Waals surface area (Å²) in [5, 5.41) is 10.5. The van der Waals surface area contributed by atoms with Gasteiger partial charge in [0, 0.05) is 17.0 Å². The second kappa shape index (κ2) is 5.13. The highest BCUT2D eigenvalue weighted by Crippen LogP contribution is 2.37. The lowest BCUT2D eigenvalue weighted by Gasteiger charge is -2.06. The summed E-state index contributed by atoms with van der Waals surface area (Å²) in [6.07, 6.45) is 0. The van der Waals surface area contributed by atoms with Crippen molar-refractivity contribution in [1.29, 1.82) is 0 Å². The molecule has 0 atom stereocenters. The minimum absolute atomic E-state index is 0.0706. The molecule has 0 saturated heterocycles. The Morgan fingerprint density at radius 1 is 1.47 bits per heavy atom. The number of esters is 1. The fourth-order valence-corrected chi connectivity index (χ4v) is 2.21. The number of carbonyl (C=O) groups excluding carboxylic acids is 1. The Hall–Kier alpha value is -1.68. The van der Waals surface area contributed by atoms with Gasteiger partial charge in [0.05, 0.1) is 11.6 Å². The topological polar surface area (TPSA) is 59.7 Å². The largest absolute Gasteiger partial charge is 0.506 e. The second-order valence-corrected chi connectivity index (χ2v) is 4.93. The third kappa shape index (κ3) is 2.40.